The van der Waals surface area contributed by atoms with Crippen molar-refractivity contribution >= 4 is 17.8 Å². The second-order valence-electron chi connectivity index (χ2n) is 6.91. The normalized spacial score (nSPS) is 39.9. The number of aliphatic carboxylic acids is 1. The van der Waals surface area contributed by atoms with E-state index in [1.807, 2.05) is 12.2 Å². The number of hydrogen-bond acceptors (Lipinski definition) is 3. The van der Waals surface area contributed by atoms with Crippen LogP contribution in [0.1, 0.15) is 38.5 Å². The molecule has 4 rings (SSSR count). The Hall–Kier alpha value is -1.65. The lowest BCUT2D eigenvalue weighted by Gasteiger charge is -2.40. The first-order valence-electron chi connectivity index (χ1n) is 7.86. The highest BCUT2D eigenvalue weighted by atomic mass is 16.4. The number of fused-ring (bicyclic) bond motifs is 5. The first-order valence-corrected chi connectivity index (χ1v) is 7.86. The smallest absolute Gasteiger partial charge is 0.330 e. The molecular formula is C16H19NO4. The number of carboxylic acids is 1. The second kappa shape index (κ2) is 4.18. The van der Waals surface area contributed by atoms with Gasteiger partial charge in [0.25, 0.3) is 0 Å². The summed E-state index contributed by atoms with van der Waals surface area (Å²) in [6.07, 6.45) is 8.27. The maximum atomic E-state index is 12.8. The van der Waals surface area contributed by atoms with Crippen molar-refractivity contribution in [2.75, 3.05) is 0 Å². The average molecular weight is 289 g/mol. The molecule has 5 nitrogen and oxygen atoms in total. The Labute approximate surface area is 123 Å². The quantitative estimate of drug-likeness (QED) is 0.618. The van der Waals surface area contributed by atoms with Crippen molar-refractivity contribution in [3.63, 3.8) is 0 Å². The maximum absolute atomic E-state index is 12.8. The minimum Gasteiger partial charge on any atom is -0.479 e. The van der Waals surface area contributed by atoms with Gasteiger partial charge in [0.15, 0.2) is 0 Å². The van der Waals surface area contributed by atoms with Crippen LogP contribution >= 0.6 is 0 Å². The highest BCUT2D eigenvalue weighted by molar-refractivity contribution is 6.10. The lowest BCUT2D eigenvalue weighted by atomic mass is 9.80. The van der Waals surface area contributed by atoms with Crippen LogP contribution in [-0.4, -0.2) is 33.3 Å². The minimum atomic E-state index is -1.28. The molecule has 112 valence electrons. The summed E-state index contributed by atoms with van der Waals surface area (Å²) in [5, 5.41) is 9.73. The predicted molar refractivity (Wildman–Crippen MR) is 73.0 cm³/mol. The Kier molecular flexibility index (Phi) is 2.60. The van der Waals surface area contributed by atoms with Crippen molar-refractivity contribution in [1.29, 1.82) is 0 Å². The maximum Gasteiger partial charge on any atom is 0.330 e. The summed E-state index contributed by atoms with van der Waals surface area (Å²) in [6, 6.07) is 0. The van der Waals surface area contributed by atoms with Gasteiger partial charge in [-0.25, -0.2) is 4.79 Å². The van der Waals surface area contributed by atoms with E-state index in [2.05, 4.69) is 0 Å². The van der Waals surface area contributed by atoms with Crippen LogP contribution in [0.3, 0.4) is 0 Å². The molecule has 3 aliphatic carbocycles. The van der Waals surface area contributed by atoms with Crippen LogP contribution in [0, 0.1) is 23.7 Å². The van der Waals surface area contributed by atoms with Gasteiger partial charge >= 0.3 is 5.97 Å². The van der Waals surface area contributed by atoms with E-state index in [4.69, 9.17) is 0 Å². The fourth-order valence-corrected chi connectivity index (χ4v) is 4.99. The Morgan fingerprint density at radius 2 is 1.57 bits per heavy atom. The highest BCUT2D eigenvalue weighted by Crippen LogP contribution is 2.54. The zero-order chi connectivity index (χ0) is 14.8. The van der Waals surface area contributed by atoms with Gasteiger partial charge in [-0.3, -0.25) is 14.5 Å². The van der Waals surface area contributed by atoms with Crippen molar-refractivity contribution in [2.45, 2.75) is 44.1 Å². The molecule has 0 radical (unpaired) electrons. The van der Waals surface area contributed by atoms with Gasteiger partial charge < -0.3 is 5.11 Å². The lowest BCUT2D eigenvalue weighted by Crippen LogP contribution is -2.58. The molecule has 3 fully saturated rings. The van der Waals surface area contributed by atoms with Crippen LogP contribution in [-0.2, 0) is 14.4 Å². The number of carboxylic acid groups (broad SMARTS) is 1. The molecule has 4 aliphatic rings. The van der Waals surface area contributed by atoms with E-state index in [0.29, 0.717) is 12.8 Å². The van der Waals surface area contributed by atoms with Gasteiger partial charge in [-0.2, -0.15) is 0 Å². The Balaban J connectivity index is 1.74. The van der Waals surface area contributed by atoms with Crippen LogP contribution < -0.4 is 0 Å². The van der Waals surface area contributed by atoms with Gasteiger partial charge in [-0.1, -0.05) is 31.4 Å². The summed E-state index contributed by atoms with van der Waals surface area (Å²) >= 11 is 0. The van der Waals surface area contributed by atoms with E-state index in [1.165, 1.54) is 0 Å². The molecular weight excluding hydrogens is 270 g/mol. The highest BCUT2D eigenvalue weighted by Gasteiger charge is 2.64. The molecule has 21 heavy (non-hydrogen) atoms. The Morgan fingerprint density at radius 3 is 2.05 bits per heavy atom. The summed E-state index contributed by atoms with van der Waals surface area (Å²) < 4.78 is 0. The van der Waals surface area contributed by atoms with Gasteiger partial charge in [0.2, 0.25) is 11.8 Å². The third kappa shape index (κ3) is 1.49. The third-order valence-corrected chi connectivity index (χ3v) is 5.98. The van der Waals surface area contributed by atoms with Gasteiger partial charge in [0, 0.05) is 0 Å². The summed E-state index contributed by atoms with van der Waals surface area (Å²) in [7, 11) is 0. The summed E-state index contributed by atoms with van der Waals surface area (Å²) in [6.45, 7) is 0. The number of carbonyl (C=O) groups excluding carboxylic acids is 2. The number of carbonyl (C=O) groups is 3. The van der Waals surface area contributed by atoms with Crippen LogP contribution in [0.25, 0.3) is 0 Å². The largest absolute Gasteiger partial charge is 0.479 e. The van der Waals surface area contributed by atoms with Gasteiger partial charge in [-0.15, -0.1) is 0 Å². The number of hydrogen-bond donors (Lipinski definition) is 1. The first-order chi connectivity index (χ1) is 10.1. The molecule has 1 aliphatic heterocycles. The number of imide groups is 1. The fraction of sp³-hybridized carbons (Fsp3) is 0.688. The van der Waals surface area contributed by atoms with Crippen molar-refractivity contribution in [1.82, 2.24) is 4.90 Å². The molecule has 0 spiro atoms. The van der Waals surface area contributed by atoms with Crippen LogP contribution in [0.2, 0.25) is 0 Å². The molecule has 5 heteroatoms. The zero-order valence-corrected chi connectivity index (χ0v) is 11.8. The third-order valence-electron chi connectivity index (χ3n) is 5.98. The van der Waals surface area contributed by atoms with Gasteiger partial charge in [0.1, 0.15) is 5.54 Å². The Morgan fingerprint density at radius 1 is 1.05 bits per heavy atom. The van der Waals surface area contributed by atoms with Crippen LogP contribution in [0.5, 0.6) is 0 Å². The van der Waals surface area contributed by atoms with Crippen LogP contribution in [0.15, 0.2) is 12.2 Å². The fourth-order valence-electron chi connectivity index (χ4n) is 4.99. The van der Waals surface area contributed by atoms with E-state index in [1.54, 1.807) is 0 Å². The number of nitrogens with zero attached hydrogens (tertiary/aromatic N) is 1. The van der Waals surface area contributed by atoms with E-state index >= 15 is 0 Å². The monoisotopic (exact) mass is 289 g/mol. The van der Waals surface area contributed by atoms with Crippen LogP contribution in [0.4, 0.5) is 0 Å². The van der Waals surface area contributed by atoms with E-state index < -0.39 is 11.5 Å². The van der Waals surface area contributed by atoms with Crippen molar-refractivity contribution in [3.05, 3.63) is 12.2 Å². The van der Waals surface area contributed by atoms with Gasteiger partial charge in [-0.05, 0) is 31.1 Å². The Bertz CT molecular complexity index is 531. The summed E-state index contributed by atoms with van der Waals surface area (Å²) in [5.41, 5.74) is -1.28. The first kappa shape index (κ1) is 13.0. The standard InChI is InChI=1S/C16H19NO4/c18-13-11-9-4-5-10(8-9)12(11)14(19)17(13)16(15(20)21)6-2-1-3-7-16/h4-5,9-12H,1-3,6-8H2,(H,20,21). The molecule has 1 saturated heterocycles. The number of allylic oxidation sites excluding steroid dienone is 2. The molecule has 2 amide bonds. The average Bonchev–Trinajstić information content (AvgIpc) is 3.14. The SMILES string of the molecule is O=C1C2C3C=CC(C3)C2C(=O)N1C1(C(=O)O)CCCCC1. The second-order valence-corrected chi connectivity index (χ2v) is 6.91. The lowest BCUT2D eigenvalue weighted by molar-refractivity contribution is -0.166. The molecule has 0 aromatic rings. The van der Waals surface area contributed by atoms with E-state index in [-0.39, 0.29) is 35.5 Å². The number of likely N-dealkylation sites (tertiary alicyclic amines) is 1. The summed E-state index contributed by atoms with van der Waals surface area (Å²) in [5.74, 6) is -1.80. The zero-order valence-electron chi connectivity index (χ0n) is 11.8. The molecule has 4 unspecified atom stereocenters. The predicted octanol–water partition coefficient (Wildman–Crippen LogP) is 1.58. The molecule has 4 atom stereocenters. The molecule has 1 N–H and O–H groups in total. The molecule has 0 aromatic heterocycles. The van der Waals surface area contributed by atoms with E-state index in [9.17, 15) is 19.5 Å². The molecule has 0 aromatic carbocycles. The topological polar surface area (TPSA) is 74.7 Å². The number of amides is 2. The van der Waals surface area contributed by atoms with Gasteiger partial charge in [0.05, 0.1) is 11.8 Å². The number of rotatable bonds is 2. The van der Waals surface area contributed by atoms with Crippen molar-refractivity contribution < 1.29 is 19.5 Å². The minimum absolute atomic E-state index is 0.135. The van der Waals surface area contributed by atoms with Crippen molar-refractivity contribution in [3.8, 4) is 0 Å². The molecule has 1 heterocycles. The van der Waals surface area contributed by atoms with E-state index in [0.717, 1.165) is 30.6 Å². The summed E-state index contributed by atoms with van der Waals surface area (Å²) in [4.78, 5) is 38.7. The molecule has 2 bridgehead atoms. The van der Waals surface area contributed by atoms with Crippen molar-refractivity contribution in [2.24, 2.45) is 23.7 Å². The molecule has 2 saturated carbocycles.